The lowest BCUT2D eigenvalue weighted by Crippen LogP contribution is -2.26. The molecule has 8 heteroatoms. The standard InChI is InChI=1S/C19H18FN3O3S/c1-13(14-6-8-16(20)9-7-14)22-18(24)15-4-3-5-17(12-15)23-11-10-21-19(23)27(2,25)26/h3-13H,1-2H3,(H,22,24). The molecule has 0 saturated carbocycles. The van der Waals surface area contributed by atoms with Gasteiger partial charge in [0.05, 0.1) is 6.04 Å². The summed E-state index contributed by atoms with van der Waals surface area (Å²) in [7, 11) is -3.51. The molecule has 1 heterocycles. The Bertz CT molecular complexity index is 1080. The van der Waals surface area contributed by atoms with Crippen molar-refractivity contribution in [2.45, 2.75) is 18.1 Å². The van der Waals surface area contributed by atoms with E-state index in [9.17, 15) is 17.6 Å². The molecule has 0 aliphatic carbocycles. The van der Waals surface area contributed by atoms with Gasteiger partial charge in [0.15, 0.2) is 0 Å². The van der Waals surface area contributed by atoms with Crippen LogP contribution in [0.25, 0.3) is 5.69 Å². The number of halogens is 1. The molecule has 1 aromatic heterocycles. The summed E-state index contributed by atoms with van der Waals surface area (Å²) in [5.74, 6) is -0.665. The highest BCUT2D eigenvalue weighted by atomic mass is 32.2. The van der Waals surface area contributed by atoms with Crippen molar-refractivity contribution in [3.8, 4) is 5.69 Å². The molecule has 0 spiro atoms. The summed E-state index contributed by atoms with van der Waals surface area (Å²) in [5.41, 5.74) is 1.65. The molecule has 6 nitrogen and oxygen atoms in total. The number of carbonyl (C=O) groups is 1. The molecule has 0 radical (unpaired) electrons. The number of benzene rings is 2. The molecule has 0 fully saturated rings. The first-order chi connectivity index (χ1) is 12.8. The fraction of sp³-hybridized carbons (Fsp3) is 0.158. The number of hydrogen-bond acceptors (Lipinski definition) is 4. The van der Waals surface area contributed by atoms with E-state index in [1.807, 2.05) is 0 Å². The first-order valence-corrected chi connectivity index (χ1v) is 10.0. The molecule has 1 atom stereocenters. The molecule has 2 aromatic carbocycles. The van der Waals surface area contributed by atoms with Crippen molar-refractivity contribution in [1.29, 1.82) is 0 Å². The summed E-state index contributed by atoms with van der Waals surface area (Å²) in [6.45, 7) is 1.80. The number of nitrogens with zero attached hydrogens (tertiary/aromatic N) is 2. The number of nitrogens with one attached hydrogen (secondary N) is 1. The zero-order chi connectivity index (χ0) is 19.6. The van der Waals surface area contributed by atoms with Crippen LogP contribution in [0.4, 0.5) is 4.39 Å². The van der Waals surface area contributed by atoms with Crippen LogP contribution in [0.5, 0.6) is 0 Å². The maximum absolute atomic E-state index is 13.0. The average Bonchev–Trinajstić information content (AvgIpc) is 3.12. The Labute approximate surface area is 156 Å². The second kappa shape index (κ2) is 7.32. The van der Waals surface area contributed by atoms with E-state index in [1.54, 1.807) is 43.3 Å². The Morgan fingerprint density at radius 2 is 1.89 bits per heavy atom. The summed E-state index contributed by atoms with van der Waals surface area (Å²) in [5, 5.41) is 2.75. The van der Waals surface area contributed by atoms with Crippen LogP contribution in [0.2, 0.25) is 0 Å². The molecule has 1 N–H and O–H groups in total. The van der Waals surface area contributed by atoms with Gasteiger partial charge < -0.3 is 5.32 Å². The molecule has 3 aromatic rings. The summed E-state index contributed by atoms with van der Waals surface area (Å²) < 4.78 is 38.1. The van der Waals surface area contributed by atoms with E-state index in [-0.39, 0.29) is 22.9 Å². The smallest absolute Gasteiger partial charge is 0.251 e. The minimum atomic E-state index is -3.51. The molecular weight excluding hydrogens is 369 g/mol. The van der Waals surface area contributed by atoms with Crippen LogP contribution in [0.3, 0.4) is 0 Å². The number of aromatic nitrogens is 2. The fourth-order valence-corrected chi connectivity index (χ4v) is 3.45. The highest BCUT2D eigenvalue weighted by Crippen LogP contribution is 2.18. The third-order valence-electron chi connectivity index (χ3n) is 4.04. The number of carbonyl (C=O) groups excluding carboxylic acids is 1. The van der Waals surface area contributed by atoms with Gasteiger partial charge in [0, 0.05) is 29.9 Å². The maximum Gasteiger partial charge on any atom is 0.251 e. The van der Waals surface area contributed by atoms with Gasteiger partial charge in [-0.1, -0.05) is 18.2 Å². The van der Waals surface area contributed by atoms with Gasteiger partial charge >= 0.3 is 0 Å². The number of imidazole rings is 1. The fourth-order valence-electron chi connectivity index (χ4n) is 2.67. The van der Waals surface area contributed by atoms with Crippen molar-refractivity contribution in [3.05, 3.63) is 77.9 Å². The van der Waals surface area contributed by atoms with Crippen LogP contribution >= 0.6 is 0 Å². The lowest BCUT2D eigenvalue weighted by molar-refractivity contribution is 0.0940. The zero-order valence-electron chi connectivity index (χ0n) is 14.8. The van der Waals surface area contributed by atoms with Gasteiger partial charge in [-0.2, -0.15) is 0 Å². The highest BCUT2D eigenvalue weighted by Gasteiger charge is 2.17. The number of rotatable bonds is 5. The number of hydrogen-bond donors (Lipinski definition) is 1. The molecule has 0 saturated heterocycles. The van der Waals surface area contributed by atoms with Gasteiger partial charge in [-0.05, 0) is 42.8 Å². The monoisotopic (exact) mass is 387 g/mol. The van der Waals surface area contributed by atoms with Gasteiger partial charge in [-0.3, -0.25) is 9.36 Å². The van der Waals surface area contributed by atoms with Gasteiger partial charge in [0.25, 0.3) is 5.91 Å². The Morgan fingerprint density at radius 3 is 2.56 bits per heavy atom. The second-order valence-corrected chi connectivity index (χ2v) is 8.06. The van der Waals surface area contributed by atoms with Crippen LogP contribution in [0.1, 0.15) is 28.9 Å². The molecule has 3 rings (SSSR count). The minimum absolute atomic E-state index is 0.0975. The third-order valence-corrected chi connectivity index (χ3v) is 5.01. The molecule has 1 amide bonds. The van der Waals surface area contributed by atoms with Crippen molar-refractivity contribution >= 4 is 15.7 Å². The lowest BCUT2D eigenvalue weighted by Gasteiger charge is -2.15. The first kappa shape index (κ1) is 18.8. The van der Waals surface area contributed by atoms with Gasteiger partial charge in [-0.25, -0.2) is 17.8 Å². The van der Waals surface area contributed by atoms with E-state index in [4.69, 9.17) is 0 Å². The van der Waals surface area contributed by atoms with Crippen molar-refractivity contribution in [2.75, 3.05) is 6.26 Å². The van der Waals surface area contributed by atoms with Crippen molar-refractivity contribution in [2.24, 2.45) is 0 Å². The van der Waals surface area contributed by atoms with Crippen LogP contribution in [0, 0.1) is 5.82 Å². The average molecular weight is 387 g/mol. The van der Waals surface area contributed by atoms with Gasteiger partial charge in [0.2, 0.25) is 15.0 Å². The molecular formula is C19H18FN3O3S. The first-order valence-electron chi connectivity index (χ1n) is 8.16. The van der Waals surface area contributed by atoms with Crippen molar-refractivity contribution < 1.29 is 17.6 Å². The quantitative estimate of drug-likeness (QED) is 0.730. The Morgan fingerprint density at radius 1 is 1.19 bits per heavy atom. The van der Waals surface area contributed by atoms with Gasteiger partial charge in [-0.15, -0.1) is 0 Å². The molecule has 27 heavy (non-hydrogen) atoms. The van der Waals surface area contributed by atoms with Crippen molar-refractivity contribution in [3.63, 3.8) is 0 Å². The molecule has 140 valence electrons. The van der Waals surface area contributed by atoms with Gasteiger partial charge in [0.1, 0.15) is 5.82 Å². The second-order valence-electron chi connectivity index (χ2n) is 6.15. The van der Waals surface area contributed by atoms with E-state index in [0.29, 0.717) is 11.3 Å². The third kappa shape index (κ3) is 4.22. The zero-order valence-corrected chi connectivity index (χ0v) is 15.6. The van der Waals surface area contributed by atoms with Crippen LogP contribution in [-0.2, 0) is 9.84 Å². The van der Waals surface area contributed by atoms with Crippen LogP contribution in [0.15, 0.2) is 66.1 Å². The SMILES string of the molecule is CC(NC(=O)c1cccc(-n2ccnc2S(C)(=O)=O)c1)c1ccc(F)cc1. The molecule has 0 aliphatic heterocycles. The molecule has 0 aliphatic rings. The Hall–Kier alpha value is -3.00. The summed E-state index contributed by atoms with van der Waals surface area (Å²) in [4.78, 5) is 16.4. The number of sulfone groups is 1. The summed E-state index contributed by atoms with van der Waals surface area (Å²) in [6, 6.07) is 12.2. The predicted octanol–water partition coefficient (Wildman–Crippen LogP) is 2.91. The minimum Gasteiger partial charge on any atom is -0.346 e. The van der Waals surface area contributed by atoms with Crippen LogP contribution < -0.4 is 5.32 Å². The van der Waals surface area contributed by atoms with E-state index in [1.165, 1.54) is 29.1 Å². The van der Waals surface area contributed by atoms with E-state index in [2.05, 4.69) is 10.3 Å². The predicted molar refractivity (Wildman–Crippen MR) is 99.0 cm³/mol. The van der Waals surface area contributed by atoms with Crippen LogP contribution in [-0.4, -0.2) is 30.1 Å². The van der Waals surface area contributed by atoms with Crippen molar-refractivity contribution in [1.82, 2.24) is 14.9 Å². The Balaban J connectivity index is 1.84. The highest BCUT2D eigenvalue weighted by molar-refractivity contribution is 7.90. The topological polar surface area (TPSA) is 81.1 Å². The molecule has 1 unspecified atom stereocenters. The molecule has 0 bridgehead atoms. The largest absolute Gasteiger partial charge is 0.346 e. The van der Waals surface area contributed by atoms with E-state index < -0.39 is 9.84 Å². The maximum atomic E-state index is 13.0. The van der Waals surface area contributed by atoms with E-state index >= 15 is 0 Å². The normalized spacial score (nSPS) is 12.6. The van der Waals surface area contributed by atoms with E-state index in [0.717, 1.165) is 11.8 Å². The Kier molecular flexibility index (Phi) is 5.09. The summed E-state index contributed by atoms with van der Waals surface area (Å²) >= 11 is 0. The lowest BCUT2D eigenvalue weighted by atomic mass is 10.1. The summed E-state index contributed by atoms with van der Waals surface area (Å²) in [6.07, 6.45) is 3.99. The number of amides is 1.